The maximum Gasteiger partial charge on any atom is 0.227 e. The second-order valence-electron chi connectivity index (χ2n) is 15.0. The molecule has 0 bridgehead atoms. The Morgan fingerprint density at radius 1 is 0.300 bits per heavy atom. The number of furan rings is 1. The van der Waals surface area contributed by atoms with E-state index in [-0.39, 0.29) is 0 Å². The quantitative estimate of drug-likeness (QED) is 0.168. The van der Waals surface area contributed by atoms with Crippen molar-refractivity contribution >= 4 is 54.6 Å². The molecule has 0 amide bonds. The number of aromatic nitrogens is 4. The molecular formula is C54H32N4O2. The van der Waals surface area contributed by atoms with Gasteiger partial charge in [0.15, 0.2) is 23.1 Å². The molecule has 0 saturated heterocycles. The zero-order chi connectivity index (χ0) is 39.6. The van der Waals surface area contributed by atoms with Gasteiger partial charge in [0.25, 0.3) is 0 Å². The monoisotopic (exact) mass is 768 g/mol. The van der Waals surface area contributed by atoms with E-state index >= 15 is 0 Å². The topological polar surface area (TPSA) is 77.8 Å². The Labute approximate surface area is 344 Å². The maximum absolute atomic E-state index is 6.49. The molecule has 0 unspecified atom stereocenters. The molecule has 3 aromatic heterocycles. The molecule has 6 heteroatoms. The van der Waals surface area contributed by atoms with Crippen LogP contribution in [-0.4, -0.2) is 19.9 Å². The van der Waals surface area contributed by atoms with Crippen molar-refractivity contribution in [3.63, 3.8) is 0 Å². The van der Waals surface area contributed by atoms with Crippen molar-refractivity contribution in [2.75, 3.05) is 0 Å². The van der Waals surface area contributed by atoms with Gasteiger partial charge in [-0.15, -0.1) is 0 Å². The molecule has 0 radical (unpaired) electrons. The zero-order valence-electron chi connectivity index (χ0n) is 32.1. The van der Waals surface area contributed by atoms with Gasteiger partial charge in [0.05, 0.1) is 5.39 Å². The second kappa shape index (κ2) is 13.7. The fourth-order valence-corrected chi connectivity index (χ4v) is 8.40. The van der Waals surface area contributed by atoms with Crippen molar-refractivity contribution in [2.45, 2.75) is 0 Å². The molecule has 60 heavy (non-hydrogen) atoms. The van der Waals surface area contributed by atoms with Crippen LogP contribution >= 0.6 is 0 Å². The number of hydrogen-bond acceptors (Lipinski definition) is 6. The van der Waals surface area contributed by atoms with Crippen LogP contribution in [0.4, 0.5) is 0 Å². The van der Waals surface area contributed by atoms with Crippen LogP contribution in [0.5, 0.6) is 0 Å². The van der Waals surface area contributed by atoms with E-state index in [1.807, 2.05) is 60.7 Å². The molecule has 0 N–H and O–H groups in total. The number of rotatable bonds is 6. The van der Waals surface area contributed by atoms with Crippen molar-refractivity contribution in [2.24, 2.45) is 0 Å². The third-order valence-electron chi connectivity index (χ3n) is 11.4. The molecule has 0 spiro atoms. The predicted molar refractivity (Wildman–Crippen MR) is 242 cm³/mol. The highest BCUT2D eigenvalue weighted by Crippen LogP contribution is 2.41. The highest BCUT2D eigenvalue weighted by atomic mass is 16.4. The van der Waals surface area contributed by atoms with E-state index in [9.17, 15) is 0 Å². The third kappa shape index (κ3) is 5.73. The van der Waals surface area contributed by atoms with Gasteiger partial charge in [0.2, 0.25) is 5.89 Å². The molecule has 0 aliphatic rings. The molecule has 0 aliphatic carbocycles. The minimum atomic E-state index is 0.568. The summed E-state index contributed by atoms with van der Waals surface area (Å²) in [5.74, 6) is 2.32. The minimum Gasteiger partial charge on any atom is -0.456 e. The summed E-state index contributed by atoms with van der Waals surface area (Å²) in [4.78, 5) is 20.8. The van der Waals surface area contributed by atoms with E-state index in [4.69, 9.17) is 28.8 Å². The molecule has 12 aromatic rings. The van der Waals surface area contributed by atoms with Crippen molar-refractivity contribution in [1.82, 2.24) is 19.9 Å². The Kier molecular flexibility index (Phi) is 7.74. The predicted octanol–water partition coefficient (Wildman–Crippen LogP) is 14.2. The molecule has 0 aliphatic heterocycles. The van der Waals surface area contributed by atoms with Crippen molar-refractivity contribution in [3.05, 3.63) is 194 Å². The molecule has 3 heterocycles. The van der Waals surface area contributed by atoms with E-state index in [0.29, 0.717) is 28.9 Å². The van der Waals surface area contributed by atoms with Gasteiger partial charge in [-0.2, -0.15) is 0 Å². The van der Waals surface area contributed by atoms with Crippen LogP contribution in [-0.2, 0) is 0 Å². The molecular weight excluding hydrogens is 737 g/mol. The lowest BCUT2D eigenvalue weighted by Gasteiger charge is -2.14. The smallest absolute Gasteiger partial charge is 0.227 e. The summed E-state index contributed by atoms with van der Waals surface area (Å²) in [6.45, 7) is 0. The lowest BCUT2D eigenvalue weighted by atomic mass is 9.94. The fraction of sp³-hybridized carbons (Fsp3) is 0. The summed E-state index contributed by atoms with van der Waals surface area (Å²) in [6.07, 6.45) is 0. The van der Waals surface area contributed by atoms with Gasteiger partial charge in [-0.1, -0.05) is 140 Å². The summed E-state index contributed by atoms with van der Waals surface area (Å²) < 4.78 is 12.8. The van der Waals surface area contributed by atoms with Crippen LogP contribution in [0.3, 0.4) is 0 Å². The maximum atomic E-state index is 6.49. The van der Waals surface area contributed by atoms with E-state index < -0.39 is 0 Å². The first kappa shape index (κ1) is 33.9. The first-order valence-corrected chi connectivity index (χ1v) is 20.0. The van der Waals surface area contributed by atoms with Crippen LogP contribution < -0.4 is 0 Å². The van der Waals surface area contributed by atoms with Gasteiger partial charge >= 0.3 is 0 Å². The average Bonchev–Trinajstić information content (AvgIpc) is 3.94. The summed E-state index contributed by atoms with van der Waals surface area (Å²) in [7, 11) is 0. The normalized spacial score (nSPS) is 11.7. The molecule has 6 nitrogen and oxygen atoms in total. The van der Waals surface area contributed by atoms with E-state index in [1.165, 1.54) is 0 Å². The van der Waals surface area contributed by atoms with Crippen LogP contribution in [0, 0.1) is 0 Å². The van der Waals surface area contributed by atoms with Gasteiger partial charge in [-0.3, -0.25) is 0 Å². The Bertz CT molecular complexity index is 3600. The molecule has 9 aromatic carbocycles. The lowest BCUT2D eigenvalue weighted by molar-refractivity contribution is 0.619. The average molecular weight is 769 g/mol. The van der Waals surface area contributed by atoms with Crippen molar-refractivity contribution in [3.8, 4) is 67.9 Å². The number of oxazole rings is 1. The Balaban J connectivity index is 1.09. The number of nitrogens with zero attached hydrogens (tertiary/aromatic N) is 4. The first-order chi connectivity index (χ1) is 29.7. The van der Waals surface area contributed by atoms with E-state index in [0.717, 1.165) is 93.5 Å². The van der Waals surface area contributed by atoms with Crippen molar-refractivity contribution < 1.29 is 8.83 Å². The summed E-state index contributed by atoms with van der Waals surface area (Å²) in [5.41, 5.74) is 10.9. The van der Waals surface area contributed by atoms with Gasteiger partial charge in [0, 0.05) is 27.6 Å². The largest absolute Gasteiger partial charge is 0.456 e. The summed E-state index contributed by atoms with van der Waals surface area (Å²) in [5, 5.41) is 6.22. The Morgan fingerprint density at radius 2 is 0.867 bits per heavy atom. The fourth-order valence-electron chi connectivity index (χ4n) is 8.40. The molecule has 0 fully saturated rings. The highest BCUT2D eigenvalue weighted by Gasteiger charge is 2.21. The Morgan fingerprint density at radius 3 is 1.63 bits per heavy atom. The molecule has 280 valence electrons. The van der Waals surface area contributed by atoms with Gasteiger partial charge in [0.1, 0.15) is 16.7 Å². The van der Waals surface area contributed by atoms with Crippen LogP contribution in [0.2, 0.25) is 0 Å². The Hall–Kier alpha value is -8.22. The van der Waals surface area contributed by atoms with Crippen molar-refractivity contribution in [1.29, 1.82) is 0 Å². The minimum absolute atomic E-state index is 0.568. The first-order valence-electron chi connectivity index (χ1n) is 20.0. The van der Waals surface area contributed by atoms with Gasteiger partial charge < -0.3 is 8.83 Å². The standard InChI is InChI=1S/C54H32N4O2/c1-4-12-33(13-5-1)39-24-26-42(43(31-39)35-15-6-2-7-16-35)53-57-51(40-22-20-34-14-10-11-19-38(34)30-40)56-52(58-53)41-23-21-36-25-27-45-48(44(36)32-41)49-46(59-45)28-29-47-50(49)55-54(60-47)37-17-8-3-9-18-37/h1-32H. The molecule has 0 saturated carbocycles. The lowest BCUT2D eigenvalue weighted by Crippen LogP contribution is -2.01. The summed E-state index contributed by atoms with van der Waals surface area (Å²) >= 11 is 0. The third-order valence-corrected chi connectivity index (χ3v) is 11.4. The van der Waals surface area contributed by atoms with Gasteiger partial charge in [-0.25, -0.2) is 19.9 Å². The second-order valence-corrected chi connectivity index (χ2v) is 15.0. The SMILES string of the molecule is c1ccc(-c2ccc(-c3nc(-c4ccc5ccccc5c4)nc(-c4ccc5ccc6oc7ccc8oc(-c9ccccc9)nc8c7c6c5c4)n3)c(-c3ccccc3)c2)cc1. The summed E-state index contributed by atoms with van der Waals surface area (Å²) in [6, 6.07) is 66.6. The molecule has 12 rings (SSSR count). The van der Waals surface area contributed by atoms with Crippen LogP contribution in [0.1, 0.15) is 0 Å². The highest BCUT2D eigenvalue weighted by molar-refractivity contribution is 6.25. The van der Waals surface area contributed by atoms with Crippen LogP contribution in [0.15, 0.2) is 203 Å². The zero-order valence-corrected chi connectivity index (χ0v) is 32.1. The van der Waals surface area contributed by atoms with E-state index in [2.05, 4.69) is 133 Å². The molecule has 0 atom stereocenters. The van der Waals surface area contributed by atoms with Gasteiger partial charge in [-0.05, 0) is 98.4 Å². The van der Waals surface area contributed by atoms with E-state index in [1.54, 1.807) is 0 Å². The van der Waals surface area contributed by atoms with Crippen LogP contribution in [0.25, 0.3) is 122 Å². The number of fused-ring (bicyclic) bond motifs is 8. The number of hydrogen-bond donors (Lipinski definition) is 0. The number of benzene rings is 9.